The van der Waals surface area contributed by atoms with E-state index in [-0.39, 0.29) is 0 Å². The van der Waals surface area contributed by atoms with Gasteiger partial charge in [-0.2, -0.15) is 5.10 Å². The number of aromatic nitrogens is 4. The number of alkyl carbamates (subject to hydrolysis) is 1. The highest BCUT2D eigenvalue weighted by atomic mass is 16.6. The van der Waals surface area contributed by atoms with Crippen LogP contribution in [0.4, 0.5) is 4.79 Å². The minimum absolute atomic E-state index is 0.402. The molecule has 1 aliphatic carbocycles. The van der Waals surface area contributed by atoms with Crippen LogP contribution in [0, 0.1) is 6.92 Å². The van der Waals surface area contributed by atoms with E-state index >= 15 is 0 Å². The second kappa shape index (κ2) is 9.91. The van der Waals surface area contributed by atoms with Gasteiger partial charge in [-0.15, -0.1) is 0 Å². The van der Waals surface area contributed by atoms with Crippen molar-refractivity contribution >= 4 is 11.7 Å². The third-order valence-electron chi connectivity index (χ3n) is 7.68. The van der Waals surface area contributed by atoms with Crippen molar-refractivity contribution in [2.45, 2.75) is 45.6 Å². The first-order valence-electron chi connectivity index (χ1n) is 13.3. The van der Waals surface area contributed by atoms with E-state index in [2.05, 4.69) is 75.5 Å². The van der Waals surface area contributed by atoms with Crippen molar-refractivity contribution in [3.05, 3.63) is 102 Å². The van der Waals surface area contributed by atoms with Gasteiger partial charge in [0.25, 0.3) is 0 Å². The minimum atomic E-state index is -0.412. The fourth-order valence-electron chi connectivity index (χ4n) is 5.34. The Morgan fingerprint density at radius 2 is 1.82 bits per heavy atom. The maximum absolute atomic E-state index is 12.5. The van der Waals surface area contributed by atoms with Gasteiger partial charge in [-0.3, -0.25) is 9.50 Å². The maximum Gasteiger partial charge on any atom is 0.412 e. The monoisotopic (exact) mass is 517 g/mol. The van der Waals surface area contributed by atoms with Crippen molar-refractivity contribution < 1.29 is 9.53 Å². The number of allylic oxidation sites excluding steroid dienone is 2. The molecule has 1 fully saturated rings. The number of pyridine rings is 1. The highest BCUT2D eigenvalue weighted by molar-refractivity contribution is 5.84. The number of carbonyl (C=O) groups excluding carboxylic acids is 1. The van der Waals surface area contributed by atoms with Crippen LogP contribution >= 0.6 is 0 Å². The standard InChI is InChI=1S/C32H31N5O2/c1-4-22(3)39-31(38)35-32(16-8-17-32)26-13-11-23(12-14-26)28-29(24-9-6-5-7-10-24)37-20-25(27-15-18-33-36-27)19-21(2)30(37)34-28/h4-7,9-15,18-20H,8,16-17H2,1-3H3,(H,33,36)(H,35,38)/b22-4+. The molecule has 39 heavy (non-hydrogen) atoms. The first kappa shape index (κ1) is 24.7. The number of imidazole rings is 1. The van der Waals surface area contributed by atoms with Crippen LogP contribution in [0.15, 0.2) is 91.0 Å². The Labute approximate surface area is 227 Å². The van der Waals surface area contributed by atoms with Gasteiger partial charge >= 0.3 is 6.09 Å². The van der Waals surface area contributed by atoms with Gasteiger partial charge in [0.2, 0.25) is 0 Å². The molecule has 7 heteroatoms. The number of aromatic amines is 1. The largest absolute Gasteiger partial charge is 0.416 e. The van der Waals surface area contributed by atoms with Crippen LogP contribution in [0.1, 0.15) is 44.2 Å². The lowest BCUT2D eigenvalue weighted by molar-refractivity contribution is 0.132. The quantitative estimate of drug-likeness (QED) is 0.230. The van der Waals surface area contributed by atoms with Crippen LogP contribution in [0.2, 0.25) is 0 Å². The molecule has 2 aromatic carbocycles. The Morgan fingerprint density at radius 1 is 1.05 bits per heavy atom. The average molecular weight is 518 g/mol. The second-order valence-electron chi connectivity index (χ2n) is 10.2. The Hall–Kier alpha value is -4.65. The summed E-state index contributed by atoms with van der Waals surface area (Å²) in [5.41, 5.74) is 8.73. The number of amides is 1. The van der Waals surface area contributed by atoms with Crippen molar-refractivity contribution in [2.24, 2.45) is 0 Å². The zero-order valence-corrected chi connectivity index (χ0v) is 22.4. The van der Waals surface area contributed by atoms with E-state index < -0.39 is 11.6 Å². The highest BCUT2D eigenvalue weighted by Crippen LogP contribution is 2.42. The number of rotatable bonds is 6. The summed E-state index contributed by atoms with van der Waals surface area (Å²) in [6.45, 7) is 5.72. The number of nitrogens with one attached hydrogen (secondary N) is 2. The number of hydrogen-bond donors (Lipinski definition) is 2. The third kappa shape index (κ3) is 4.50. The summed E-state index contributed by atoms with van der Waals surface area (Å²) in [6, 6.07) is 22.9. The SMILES string of the molecule is C/C=C(\C)OC(=O)NC1(c2ccc(-c3nc4c(C)cc(-c5ccn[nH]5)cn4c3-c3ccccc3)cc2)CCC1. The molecule has 6 rings (SSSR count). The topological polar surface area (TPSA) is 84.3 Å². The zero-order chi connectivity index (χ0) is 27.0. The number of nitrogens with zero attached hydrogens (tertiary/aromatic N) is 3. The summed E-state index contributed by atoms with van der Waals surface area (Å²) < 4.78 is 7.56. The molecule has 1 amide bonds. The third-order valence-corrected chi connectivity index (χ3v) is 7.68. The number of hydrogen-bond acceptors (Lipinski definition) is 4. The van der Waals surface area contributed by atoms with Crippen molar-refractivity contribution in [2.75, 3.05) is 0 Å². The first-order valence-corrected chi connectivity index (χ1v) is 13.3. The smallest absolute Gasteiger partial charge is 0.412 e. The predicted octanol–water partition coefficient (Wildman–Crippen LogP) is 7.40. The van der Waals surface area contributed by atoms with E-state index in [0.29, 0.717) is 5.76 Å². The molecule has 0 unspecified atom stereocenters. The normalized spacial score (nSPS) is 14.7. The lowest BCUT2D eigenvalue weighted by Gasteiger charge is -2.42. The van der Waals surface area contributed by atoms with Crippen LogP contribution in [0.25, 0.3) is 39.4 Å². The Balaban J connectivity index is 1.42. The Bertz CT molecular complexity index is 1660. The molecule has 2 N–H and O–H groups in total. The van der Waals surface area contributed by atoms with Crippen molar-refractivity contribution in [3.63, 3.8) is 0 Å². The molecular formula is C32H31N5O2. The van der Waals surface area contributed by atoms with Gasteiger partial charge in [0, 0.05) is 29.1 Å². The summed E-state index contributed by atoms with van der Waals surface area (Å²) in [4.78, 5) is 17.7. The van der Waals surface area contributed by atoms with Gasteiger partial charge < -0.3 is 10.1 Å². The zero-order valence-electron chi connectivity index (χ0n) is 22.4. The van der Waals surface area contributed by atoms with Crippen LogP contribution in [0.5, 0.6) is 0 Å². The van der Waals surface area contributed by atoms with Gasteiger partial charge in [-0.1, -0.05) is 54.6 Å². The number of fused-ring (bicyclic) bond motifs is 1. The molecule has 3 heterocycles. The van der Waals surface area contributed by atoms with Gasteiger partial charge in [0.05, 0.1) is 22.6 Å². The van der Waals surface area contributed by atoms with E-state index in [1.807, 2.05) is 31.2 Å². The molecule has 196 valence electrons. The second-order valence-corrected chi connectivity index (χ2v) is 10.2. The molecule has 1 saturated carbocycles. The summed E-state index contributed by atoms with van der Waals surface area (Å²) in [6.07, 6.45) is 8.08. The van der Waals surface area contributed by atoms with Gasteiger partial charge in [0.1, 0.15) is 11.4 Å². The van der Waals surface area contributed by atoms with E-state index in [0.717, 1.165) is 69.8 Å². The molecule has 5 aromatic rings. The van der Waals surface area contributed by atoms with Gasteiger partial charge in [0.15, 0.2) is 0 Å². The summed E-state index contributed by atoms with van der Waals surface area (Å²) >= 11 is 0. The lowest BCUT2D eigenvalue weighted by Crippen LogP contribution is -2.50. The molecule has 0 saturated heterocycles. The fourth-order valence-corrected chi connectivity index (χ4v) is 5.34. The molecular weight excluding hydrogens is 486 g/mol. The molecule has 1 aliphatic rings. The molecule has 3 aromatic heterocycles. The fraction of sp³-hybridized carbons (Fsp3) is 0.219. The van der Waals surface area contributed by atoms with Crippen molar-refractivity contribution in [1.29, 1.82) is 0 Å². The van der Waals surface area contributed by atoms with Gasteiger partial charge in [-0.05, 0) is 69.4 Å². The Morgan fingerprint density at radius 3 is 2.46 bits per heavy atom. The number of ether oxygens (including phenoxy) is 1. The molecule has 0 aliphatic heterocycles. The van der Waals surface area contributed by atoms with Crippen LogP contribution < -0.4 is 5.32 Å². The highest BCUT2D eigenvalue weighted by Gasteiger charge is 2.40. The Kier molecular flexibility index (Phi) is 6.27. The van der Waals surface area contributed by atoms with E-state index in [9.17, 15) is 4.79 Å². The molecule has 0 atom stereocenters. The first-order chi connectivity index (χ1) is 19.0. The number of benzene rings is 2. The van der Waals surface area contributed by atoms with E-state index in [1.54, 1.807) is 19.2 Å². The predicted molar refractivity (Wildman–Crippen MR) is 153 cm³/mol. The molecule has 7 nitrogen and oxygen atoms in total. The van der Waals surface area contributed by atoms with E-state index in [4.69, 9.17) is 9.72 Å². The minimum Gasteiger partial charge on any atom is -0.416 e. The van der Waals surface area contributed by atoms with Crippen LogP contribution in [-0.4, -0.2) is 25.7 Å². The van der Waals surface area contributed by atoms with Gasteiger partial charge in [-0.25, -0.2) is 9.78 Å². The summed E-state index contributed by atoms with van der Waals surface area (Å²) in [5.74, 6) is 0.587. The summed E-state index contributed by atoms with van der Waals surface area (Å²) in [5, 5.41) is 10.3. The van der Waals surface area contributed by atoms with Crippen LogP contribution in [-0.2, 0) is 10.3 Å². The molecule has 0 bridgehead atoms. The summed E-state index contributed by atoms with van der Waals surface area (Å²) in [7, 11) is 0. The van der Waals surface area contributed by atoms with Crippen molar-refractivity contribution in [1.82, 2.24) is 24.9 Å². The molecule has 0 radical (unpaired) electrons. The van der Waals surface area contributed by atoms with Crippen LogP contribution in [0.3, 0.4) is 0 Å². The average Bonchev–Trinajstić information content (AvgIpc) is 3.60. The van der Waals surface area contributed by atoms with Crippen molar-refractivity contribution in [3.8, 4) is 33.8 Å². The number of aryl methyl sites for hydroxylation is 1. The lowest BCUT2D eigenvalue weighted by atomic mass is 9.71. The molecule has 0 spiro atoms. The number of carbonyl (C=O) groups is 1. The number of H-pyrrole nitrogens is 1. The maximum atomic E-state index is 12.5. The van der Waals surface area contributed by atoms with E-state index in [1.165, 1.54) is 0 Å².